The third-order valence-electron chi connectivity index (χ3n) is 3.54. The van der Waals surface area contributed by atoms with Gasteiger partial charge in [0.25, 0.3) is 0 Å². The smallest absolute Gasteiger partial charge is 0.323 e. The Kier molecular flexibility index (Phi) is 3.30. The molecule has 0 spiro atoms. The average molecular weight is 247 g/mol. The summed E-state index contributed by atoms with van der Waals surface area (Å²) >= 11 is 0. The first-order valence-corrected chi connectivity index (χ1v) is 6.41. The van der Waals surface area contributed by atoms with E-state index in [0.717, 1.165) is 13.0 Å². The average Bonchev–Trinajstić information content (AvgIpc) is 2.91. The van der Waals surface area contributed by atoms with E-state index in [0.29, 0.717) is 19.6 Å². The van der Waals surface area contributed by atoms with Crippen molar-refractivity contribution >= 4 is 5.97 Å². The molecule has 2 aliphatic heterocycles. The summed E-state index contributed by atoms with van der Waals surface area (Å²) in [6, 6.07) is 7.98. The molecular formula is C14H17NO3. The van der Waals surface area contributed by atoms with Gasteiger partial charge in [0.15, 0.2) is 0 Å². The summed E-state index contributed by atoms with van der Waals surface area (Å²) in [4.78, 5) is 12.0. The van der Waals surface area contributed by atoms with Crippen molar-refractivity contribution in [3.63, 3.8) is 0 Å². The van der Waals surface area contributed by atoms with E-state index < -0.39 is 0 Å². The van der Waals surface area contributed by atoms with Crippen LogP contribution in [0.25, 0.3) is 0 Å². The predicted molar refractivity (Wildman–Crippen MR) is 66.1 cm³/mol. The van der Waals surface area contributed by atoms with Crippen LogP contribution in [-0.4, -0.2) is 31.3 Å². The van der Waals surface area contributed by atoms with E-state index >= 15 is 0 Å². The summed E-state index contributed by atoms with van der Waals surface area (Å²) in [5.74, 6) is -0.153. The van der Waals surface area contributed by atoms with Gasteiger partial charge in [0.05, 0.1) is 13.2 Å². The van der Waals surface area contributed by atoms with Gasteiger partial charge in [-0.2, -0.15) is 0 Å². The number of esters is 1. The summed E-state index contributed by atoms with van der Waals surface area (Å²) in [7, 11) is 0. The quantitative estimate of drug-likeness (QED) is 0.793. The molecule has 96 valence electrons. The SMILES string of the molecule is O=C(OC1CCOC1)C1Cc2ccccc2CN1. The lowest BCUT2D eigenvalue weighted by atomic mass is 9.96. The first kappa shape index (κ1) is 11.7. The molecule has 0 saturated carbocycles. The van der Waals surface area contributed by atoms with Crippen molar-refractivity contribution in [2.75, 3.05) is 13.2 Å². The summed E-state index contributed by atoms with van der Waals surface area (Å²) in [5.41, 5.74) is 2.51. The molecule has 18 heavy (non-hydrogen) atoms. The summed E-state index contributed by atoms with van der Waals surface area (Å²) in [6.45, 7) is 1.96. The third kappa shape index (κ3) is 2.40. The molecule has 3 rings (SSSR count). The van der Waals surface area contributed by atoms with Gasteiger partial charge >= 0.3 is 5.97 Å². The zero-order chi connectivity index (χ0) is 12.4. The lowest BCUT2D eigenvalue weighted by Gasteiger charge is -2.25. The van der Waals surface area contributed by atoms with Crippen molar-refractivity contribution in [2.24, 2.45) is 0 Å². The van der Waals surface area contributed by atoms with E-state index in [1.807, 2.05) is 12.1 Å². The minimum atomic E-state index is -0.222. The lowest BCUT2D eigenvalue weighted by molar-refractivity contribution is -0.151. The second-order valence-electron chi connectivity index (χ2n) is 4.83. The number of nitrogens with one attached hydrogen (secondary N) is 1. The largest absolute Gasteiger partial charge is 0.459 e. The highest BCUT2D eigenvalue weighted by Gasteiger charge is 2.28. The van der Waals surface area contributed by atoms with Gasteiger partial charge < -0.3 is 14.8 Å². The van der Waals surface area contributed by atoms with E-state index in [2.05, 4.69) is 17.4 Å². The molecule has 2 atom stereocenters. The van der Waals surface area contributed by atoms with Crippen molar-refractivity contribution in [3.8, 4) is 0 Å². The number of carbonyl (C=O) groups is 1. The fourth-order valence-corrected chi connectivity index (χ4v) is 2.47. The Morgan fingerprint density at radius 2 is 2.17 bits per heavy atom. The number of rotatable bonds is 2. The van der Waals surface area contributed by atoms with Crippen molar-refractivity contribution in [1.82, 2.24) is 5.32 Å². The van der Waals surface area contributed by atoms with Gasteiger partial charge in [0, 0.05) is 13.0 Å². The molecule has 2 heterocycles. The Morgan fingerprint density at radius 1 is 1.33 bits per heavy atom. The second-order valence-corrected chi connectivity index (χ2v) is 4.83. The normalized spacial score (nSPS) is 26.7. The minimum absolute atomic E-state index is 0.0588. The zero-order valence-electron chi connectivity index (χ0n) is 10.2. The van der Waals surface area contributed by atoms with Crippen molar-refractivity contribution < 1.29 is 14.3 Å². The second kappa shape index (κ2) is 5.08. The third-order valence-corrected chi connectivity index (χ3v) is 3.54. The number of ether oxygens (including phenoxy) is 2. The lowest BCUT2D eigenvalue weighted by Crippen LogP contribution is -2.44. The van der Waals surface area contributed by atoms with Crippen LogP contribution in [0.5, 0.6) is 0 Å². The van der Waals surface area contributed by atoms with Crippen LogP contribution in [0, 0.1) is 0 Å². The highest BCUT2D eigenvalue weighted by molar-refractivity contribution is 5.77. The fraction of sp³-hybridized carbons (Fsp3) is 0.500. The Morgan fingerprint density at radius 3 is 2.94 bits per heavy atom. The Hall–Kier alpha value is -1.39. The van der Waals surface area contributed by atoms with Crippen molar-refractivity contribution in [1.29, 1.82) is 0 Å². The van der Waals surface area contributed by atoms with Crippen LogP contribution in [-0.2, 0) is 27.2 Å². The Labute approximate surface area is 106 Å². The maximum atomic E-state index is 12.0. The van der Waals surface area contributed by atoms with Gasteiger partial charge in [-0.3, -0.25) is 4.79 Å². The molecule has 2 unspecified atom stereocenters. The molecule has 2 aliphatic rings. The molecule has 1 aromatic rings. The summed E-state index contributed by atoms with van der Waals surface area (Å²) < 4.78 is 10.6. The van der Waals surface area contributed by atoms with Crippen LogP contribution in [0.2, 0.25) is 0 Å². The molecule has 4 nitrogen and oxygen atoms in total. The van der Waals surface area contributed by atoms with Crippen LogP contribution in [0.4, 0.5) is 0 Å². The molecule has 0 aromatic heterocycles. The van der Waals surface area contributed by atoms with Gasteiger partial charge in [0.2, 0.25) is 0 Å². The zero-order valence-corrected chi connectivity index (χ0v) is 10.2. The Balaban J connectivity index is 1.62. The van der Waals surface area contributed by atoms with E-state index in [-0.39, 0.29) is 18.1 Å². The van der Waals surface area contributed by atoms with Gasteiger partial charge in [-0.05, 0) is 17.5 Å². The number of carbonyl (C=O) groups excluding carboxylic acids is 1. The van der Waals surface area contributed by atoms with Crippen LogP contribution in [0.15, 0.2) is 24.3 Å². The number of hydrogen-bond donors (Lipinski definition) is 1. The van der Waals surface area contributed by atoms with Crippen LogP contribution in [0.3, 0.4) is 0 Å². The van der Waals surface area contributed by atoms with E-state index in [4.69, 9.17) is 9.47 Å². The maximum absolute atomic E-state index is 12.0. The minimum Gasteiger partial charge on any atom is -0.459 e. The number of hydrogen-bond acceptors (Lipinski definition) is 4. The molecule has 0 aliphatic carbocycles. The van der Waals surface area contributed by atoms with Crippen molar-refractivity contribution in [2.45, 2.75) is 31.5 Å². The highest BCUT2D eigenvalue weighted by Crippen LogP contribution is 2.18. The molecule has 4 heteroatoms. The summed E-state index contributed by atoms with van der Waals surface area (Å²) in [5, 5.41) is 3.23. The van der Waals surface area contributed by atoms with E-state index in [1.54, 1.807) is 0 Å². The molecule has 1 aromatic carbocycles. The summed E-state index contributed by atoms with van der Waals surface area (Å²) in [6.07, 6.45) is 1.47. The molecule has 1 fully saturated rings. The van der Waals surface area contributed by atoms with Gasteiger partial charge in [-0.1, -0.05) is 24.3 Å². The fourth-order valence-electron chi connectivity index (χ4n) is 2.47. The predicted octanol–water partition coefficient (Wildman–Crippen LogP) is 1.03. The van der Waals surface area contributed by atoms with Gasteiger partial charge in [-0.25, -0.2) is 0 Å². The first-order valence-electron chi connectivity index (χ1n) is 6.41. The van der Waals surface area contributed by atoms with E-state index in [1.165, 1.54) is 11.1 Å². The first-order chi connectivity index (χ1) is 8.83. The molecule has 0 radical (unpaired) electrons. The van der Waals surface area contributed by atoms with Gasteiger partial charge in [-0.15, -0.1) is 0 Å². The van der Waals surface area contributed by atoms with Gasteiger partial charge in [0.1, 0.15) is 12.1 Å². The molecule has 0 bridgehead atoms. The van der Waals surface area contributed by atoms with Crippen LogP contribution < -0.4 is 5.32 Å². The number of benzene rings is 1. The molecular weight excluding hydrogens is 230 g/mol. The van der Waals surface area contributed by atoms with Crippen molar-refractivity contribution in [3.05, 3.63) is 35.4 Å². The van der Waals surface area contributed by atoms with Crippen LogP contribution >= 0.6 is 0 Å². The maximum Gasteiger partial charge on any atom is 0.323 e. The molecule has 0 amide bonds. The molecule has 1 N–H and O–H groups in total. The highest BCUT2D eigenvalue weighted by atomic mass is 16.6. The van der Waals surface area contributed by atoms with E-state index in [9.17, 15) is 4.79 Å². The Bertz CT molecular complexity index is 440. The number of fused-ring (bicyclic) bond motifs is 1. The van der Waals surface area contributed by atoms with Crippen LogP contribution in [0.1, 0.15) is 17.5 Å². The standard InChI is InChI=1S/C14H17NO3/c16-14(18-12-5-6-17-9-12)13-7-10-3-1-2-4-11(10)8-15-13/h1-4,12-13,15H,5-9H2. The topological polar surface area (TPSA) is 47.6 Å². The molecule has 1 saturated heterocycles. The monoisotopic (exact) mass is 247 g/mol.